The van der Waals surface area contributed by atoms with Crippen LogP contribution in [-0.4, -0.2) is 115 Å². The van der Waals surface area contributed by atoms with Crippen molar-refractivity contribution in [3.05, 3.63) is 95.5 Å². The molecule has 2 unspecified atom stereocenters. The van der Waals surface area contributed by atoms with Gasteiger partial charge in [0, 0.05) is 49.2 Å². The molecule has 1 aromatic heterocycles. The zero-order valence-electron chi connectivity index (χ0n) is 27.9. The van der Waals surface area contributed by atoms with Crippen LogP contribution in [0.5, 0.6) is 0 Å². The van der Waals surface area contributed by atoms with E-state index in [1.54, 1.807) is 30.0 Å². The molecule has 3 fully saturated rings. The van der Waals surface area contributed by atoms with Gasteiger partial charge in [-0.1, -0.05) is 60.1 Å². The standard InChI is InChI=1S/C35H40ClN5O7S2/c1-26(42)41-34(15-17-37(18-16-34)21-27-9-5-3-6-10-27)23-39-32(43)22-38(24-35(39,41)25-48-2)50(46,47)33-20-28-19-29(36)13-14-31(28)40(33)49(44,45)30-11-7-4-8-12-30/h3-14,19-20,26,42H,15-18,21-25H2,1-2H3. The van der Waals surface area contributed by atoms with Gasteiger partial charge in [0.1, 0.15) is 11.9 Å². The molecule has 3 saturated heterocycles. The highest BCUT2D eigenvalue weighted by Gasteiger charge is 2.65. The lowest BCUT2D eigenvalue weighted by Crippen LogP contribution is -2.72. The second-order valence-corrected chi connectivity index (χ2v) is 17.5. The third-order valence-corrected chi connectivity index (χ3v) is 14.2. The van der Waals surface area contributed by atoms with E-state index in [1.165, 1.54) is 49.1 Å². The zero-order valence-corrected chi connectivity index (χ0v) is 30.2. The van der Waals surface area contributed by atoms with Crippen molar-refractivity contribution in [1.29, 1.82) is 0 Å². The molecule has 266 valence electrons. The summed E-state index contributed by atoms with van der Waals surface area (Å²) < 4.78 is 65.4. The Morgan fingerprint density at radius 1 is 0.900 bits per heavy atom. The van der Waals surface area contributed by atoms with Gasteiger partial charge in [-0.05, 0) is 61.7 Å². The van der Waals surface area contributed by atoms with Crippen molar-refractivity contribution in [2.45, 2.75) is 53.7 Å². The summed E-state index contributed by atoms with van der Waals surface area (Å²) in [5.74, 6) is -0.456. The van der Waals surface area contributed by atoms with E-state index in [-0.39, 0.29) is 23.6 Å². The molecule has 0 aliphatic carbocycles. The number of likely N-dealkylation sites (tertiary alicyclic amines) is 1. The van der Waals surface area contributed by atoms with Crippen LogP contribution in [0.15, 0.2) is 94.9 Å². The minimum absolute atomic E-state index is 0.0773. The topological polar surface area (TPSA) is 133 Å². The van der Waals surface area contributed by atoms with Crippen LogP contribution in [0.1, 0.15) is 25.3 Å². The molecule has 0 radical (unpaired) electrons. The Hall–Kier alpha value is -3.34. The molecule has 0 bridgehead atoms. The molecular formula is C35H40ClN5O7S2. The maximum Gasteiger partial charge on any atom is 0.269 e. The number of piperazine rings is 1. The molecule has 50 heavy (non-hydrogen) atoms. The number of piperidine rings is 1. The number of ether oxygens (including phenoxy) is 1. The van der Waals surface area contributed by atoms with Crippen molar-refractivity contribution < 1.29 is 31.5 Å². The summed E-state index contributed by atoms with van der Waals surface area (Å²) in [6.07, 6.45) is 0.215. The maximum absolute atomic E-state index is 14.8. The van der Waals surface area contributed by atoms with Crippen molar-refractivity contribution in [2.75, 3.05) is 46.4 Å². The van der Waals surface area contributed by atoms with Gasteiger partial charge >= 0.3 is 0 Å². The molecule has 1 N–H and O–H groups in total. The van der Waals surface area contributed by atoms with Crippen LogP contribution < -0.4 is 0 Å². The summed E-state index contributed by atoms with van der Waals surface area (Å²) in [6.45, 7) is 3.30. The van der Waals surface area contributed by atoms with Crippen molar-refractivity contribution >= 4 is 48.5 Å². The fourth-order valence-corrected chi connectivity index (χ4v) is 11.9. The number of nitrogens with zero attached hydrogens (tertiary/aromatic N) is 5. The molecule has 4 aromatic rings. The fraction of sp³-hybridized carbons (Fsp3) is 0.400. The van der Waals surface area contributed by atoms with E-state index in [2.05, 4.69) is 17.0 Å². The first kappa shape index (κ1) is 35.1. The summed E-state index contributed by atoms with van der Waals surface area (Å²) in [6, 6.07) is 23.5. The zero-order chi connectivity index (χ0) is 35.5. The molecule has 15 heteroatoms. The minimum Gasteiger partial charge on any atom is -0.381 e. The number of aliphatic hydroxyl groups is 1. The van der Waals surface area contributed by atoms with Gasteiger partial charge in [0.25, 0.3) is 20.0 Å². The van der Waals surface area contributed by atoms with Gasteiger partial charge in [-0.2, -0.15) is 4.31 Å². The van der Waals surface area contributed by atoms with Gasteiger partial charge in [-0.15, -0.1) is 0 Å². The van der Waals surface area contributed by atoms with Crippen LogP contribution in [0, 0.1) is 0 Å². The van der Waals surface area contributed by atoms with Crippen molar-refractivity contribution in [2.24, 2.45) is 0 Å². The van der Waals surface area contributed by atoms with Crippen LogP contribution in [0.25, 0.3) is 10.9 Å². The molecule has 1 amide bonds. The highest BCUT2D eigenvalue weighted by atomic mass is 35.5. The third kappa shape index (κ3) is 5.75. The van der Waals surface area contributed by atoms with E-state index in [0.29, 0.717) is 42.9 Å². The predicted molar refractivity (Wildman–Crippen MR) is 188 cm³/mol. The van der Waals surface area contributed by atoms with Gasteiger partial charge in [-0.25, -0.2) is 25.7 Å². The van der Waals surface area contributed by atoms with E-state index in [9.17, 15) is 26.7 Å². The van der Waals surface area contributed by atoms with Crippen molar-refractivity contribution in [3.63, 3.8) is 0 Å². The summed E-state index contributed by atoms with van der Waals surface area (Å²) in [7, 11) is -7.61. The number of sulfonamides is 1. The Labute approximate surface area is 297 Å². The molecule has 1 spiro atoms. The van der Waals surface area contributed by atoms with Gasteiger partial charge < -0.3 is 14.7 Å². The van der Waals surface area contributed by atoms with E-state index in [1.807, 2.05) is 23.1 Å². The van der Waals surface area contributed by atoms with E-state index >= 15 is 0 Å². The third-order valence-electron chi connectivity index (χ3n) is 10.3. The fourth-order valence-electron chi connectivity index (χ4n) is 8.25. The predicted octanol–water partition coefficient (Wildman–Crippen LogP) is 3.40. The van der Waals surface area contributed by atoms with Crippen LogP contribution >= 0.6 is 11.6 Å². The largest absolute Gasteiger partial charge is 0.381 e. The molecule has 3 aliphatic rings. The molecule has 0 saturated carbocycles. The first-order valence-electron chi connectivity index (χ1n) is 16.5. The number of fused-ring (bicyclic) bond motifs is 2. The number of amides is 1. The summed E-state index contributed by atoms with van der Waals surface area (Å²) >= 11 is 6.26. The Balaban J connectivity index is 1.28. The number of carbonyl (C=O) groups excluding carboxylic acids is 1. The number of methoxy groups -OCH3 is 1. The molecule has 7 rings (SSSR count). The number of rotatable bonds is 9. The van der Waals surface area contributed by atoms with Crippen LogP contribution in [0.4, 0.5) is 0 Å². The molecule has 3 aliphatic heterocycles. The highest BCUT2D eigenvalue weighted by Crippen LogP contribution is 2.48. The van der Waals surface area contributed by atoms with Crippen molar-refractivity contribution in [1.82, 2.24) is 23.0 Å². The number of hydrogen-bond donors (Lipinski definition) is 1. The first-order valence-corrected chi connectivity index (χ1v) is 19.7. The Morgan fingerprint density at radius 2 is 1.56 bits per heavy atom. The Morgan fingerprint density at radius 3 is 2.20 bits per heavy atom. The normalized spacial score (nSPS) is 22.7. The van der Waals surface area contributed by atoms with Gasteiger partial charge in [0.2, 0.25) is 5.91 Å². The number of hydrogen-bond acceptors (Lipinski definition) is 9. The lowest BCUT2D eigenvalue weighted by atomic mass is 9.85. The maximum atomic E-state index is 14.8. The quantitative estimate of drug-likeness (QED) is 0.274. The lowest BCUT2D eigenvalue weighted by molar-refractivity contribution is -0.176. The first-order chi connectivity index (χ1) is 23.8. The second kappa shape index (κ2) is 13.0. The number of carbonyl (C=O) groups is 1. The summed E-state index contributed by atoms with van der Waals surface area (Å²) in [4.78, 5) is 20.0. The van der Waals surface area contributed by atoms with Crippen LogP contribution in [0.2, 0.25) is 5.02 Å². The summed E-state index contributed by atoms with van der Waals surface area (Å²) in [5, 5.41) is 11.5. The van der Waals surface area contributed by atoms with Gasteiger partial charge in [0.05, 0.1) is 30.1 Å². The van der Waals surface area contributed by atoms with Gasteiger partial charge in [0.15, 0.2) is 5.03 Å². The average molecular weight is 742 g/mol. The molecular weight excluding hydrogens is 702 g/mol. The Kier molecular flexibility index (Phi) is 9.13. The molecule has 12 nitrogen and oxygen atoms in total. The smallest absolute Gasteiger partial charge is 0.269 e. The number of benzene rings is 3. The molecule has 3 aromatic carbocycles. The highest BCUT2D eigenvalue weighted by molar-refractivity contribution is 7.92. The molecule has 2 atom stereocenters. The minimum atomic E-state index is -4.67. The number of aliphatic hydroxyl groups excluding tert-OH is 1. The van der Waals surface area contributed by atoms with Gasteiger partial charge in [-0.3, -0.25) is 9.69 Å². The number of aromatic nitrogens is 1. The summed E-state index contributed by atoms with van der Waals surface area (Å²) in [5.41, 5.74) is -0.676. The van der Waals surface area contributed by atoms with Crippen LogP contribution in [-0.2, 0) is 36.1 Å². The SMILES string of the molecule is COCC12CN(S(=O)(=O)c3cc4cc(Cl)ccc4n3S(=O)(=O)c3ccccc3)CC(=O)N1CC1(CCN(Cc3ccccc3)CC1)N2C(C)O. The monoisotopic (exact) mass is 741 g/mol. The van der Waals surface area contributed by atoms with Crippen LogP contribution in [0.3, 0.4) is 0 Å². The van der Waals surface area contributed by atoms with E-state index in [0.717, 1.165) is 14.8 Å². The van der Waals surface area contributed by atoms with E-state index < -0.39 is 55.0 Å². The second-order valence-electron chi connectivity index (χ2n) is 13.4. The van der Waals surface area contributed by atoms with Crippen molar-refractivity contribution in [3.8, 4) is 0 Å². The lowest BCUT2D eigenvalue weighted by Gasteiger charge is -2.53. The molecule has 4 heterocycles. The Bertz CT molecular complexity index is 2120. The number of halogens is 1. The average Bonchev–Trinajstić information content (AvgIpc) is 3.62. The van der Waals surface area contributed by atoms with E-state index in [4.69, 9.17) is 16.3 Å².